The molecule has 4 heterocycles. The molecule has 3 aromatic rings. The van der Waals surface area contributed by atoms with E-state index < -0.39 is 15.8 Å². The minimum absolute atomic E-state index is 0.00128. The number of esters is 1. The molecule has 1 aliphatic rings. The Kier molecular flexibility index (Phi) is 5.51. The molecule has 3 aromatic heterocycles. The standard InChI is InChI=1S/C18H17ClN4O5S2/c1-10-12(17(19)23(22-10)11-5-7-30(26,27)9-11)2-3-15(24)28-8-14-20-13-4-6-29-16(13)18(25)21-14/h2-4,6,11H,5,7-9H2,1H3,(H,20,21,25). The van der Waals surface area contributed by atoms with Crippen molar-refractivity contribution in [3.8, 4) is 0 Å². The van der Waals surface area contributed by atoms with Gasteiger partial charge in [-0.2, -0.15) is 5.10 Å². The van der Waals surface area contributed by atoms with Crippen molar-refractivity contribution in [3.05, 3.63) is 50.1 Å². The average Bonchev–Trinajstić information content (AvgIpc) is 3.37. The van der Waals surface area contributed by atoms with Crippen LogP contribution in [0, 0.1) is 6.92 Å². The molecule has 0 aliphatic carbocycles. The lowest BCUT2D eigenvalue weighted by atomic mass is 10.2. The second-order valence-corrected chi connectivity index (χ2v) is 10.4. The maximum atomic E-state index is 12.1. The number of hydrogen-bond donors (Lipinski definition) is 1. The van der Waals surface area contributed by atoms with E-state index in [-0.39, 0.29) is 40.7 Å². The lowest BCUT2D eigenvalue weighted by Gasteiger charge is -2.09. The number of rotatable bonds is 5. The fraction of sp³-hybridized carbons (Fsp3) is 0.333. The molecule has 1 aliphatic heterocycles. The quantitative estimate of drug-likeness (QED) is 0.449. The van der Waals surface area contributed by atoms with Crippen LogP contribution < -0.4 is 5.56 Å². The predicted molar refractivity (Wildman–Crippen MR) is 113 cm³/mol. The summed E-state index contributed by atoms with van der Waals surface area (Å²) >= 11 is 7.66. The van der Waals surface area contributed by atoms with E-state index in [1.807, 2.05) is 0 Å². The number of thiophene rings is 1. The third kappa shape index (κ3) is 4.18. The first-order valence-electron chi connectivity index (χ1n) is 9.00. The molecule has 0 bridgehead atoms. The van der Waals surface area contributed by atoms with Gasteiger partial charge in [-0.1, -0.05) is 11.6 Å². The molecule has 1 atom stereocenters. The Labute approximate surface area is 180 Å². The molecule has 0 amide bonds. The largest absolute Gasteiger partial charge is 0.454 e. The molecule has 158 valence electrons. The summed E-state index contributed by atoms with van der Waals surface area (Å²) in [6.45, 7) is 1.54. The number of nitrogens with one attached hydrogen (secondary N) is 1. The highest BCUT2D eigenvalue weighted by Crippen LogP contribution is 2.30. The number of carbonyl (C=O) groups excluding carboxylic acids is 1. The van der Waals surface area contributed by atoms with Crippen molar-refractivity contribution < 1.29 is 17.9 Å². The highest BCUT2D eigenvalue weighted by molar-refractivity contribution is 7.91. The summed E-state index contributed by atoms with van der Waals surface area (Å²) in [5.74, 6) is -0.289. The third-order valence-electron chi connectivity index (χ3n) is 4.73. The summed E-state index contributed by atoms with van der Waals surface area (Å²) in [6.07, 6.45) is 3.13. The highest BCUT2D eigenvalue weighted by Gasteiger charge is 2.31. The van der Waals surface area contributed by atoms with Crippen LogP contribution in [0.3, 0.4) is 0 Å². The van der Waals surface area contributed by atoms with Gasteiger partial charge in [-0.05, 0) is 30.9 Å². The van der Waals surface area contributed by atoms with E-state index in [4.69, 9.17) is 16.3 Å². The molecule has 30 heavy (non-hydrogen) atoms. The van der Waals surface area contributed by atoms with Crippen molar-refractivity contribution in [1.82, 2.24) is 19.7 Å². The number of ether oxygens (including phenoxy) is 1. The zero-order valence-electron chi connectivity index (χ0n) is 15.8. The van der Waals surface area contributed by atoms with E-state index in [1.165, 1.54) is 28.2 Å². The second kappa shape index (κ2) is 7.97. The van der Waals surface area contributed by atoms with Crippen LogP contribution in [-0.4, -0.2) is 45.6 Å². The second-order valence-electron chi connectivity index (χ2n) is 6.88. The van der Waals surface area contributed by atoms with Crippen molar-refractivity contribution in [2.24, 2.45) is 0 Å². The fourth-order valence-corrected chi connectivity index (χ4v) is 6.05. The first-order valence-corrected chi connectivity index (χ1v) is 12.1. The van der Waals surface area contributed by atoms with Crippen molar-refractivity contribution in [2.75, 3.05) is 11.5 Å². The van der Waals surface area contributed by atoms with Crippen LogP contribution in [0.4, 0.5) is 0 Å². The SMILES string of the molecule is Cc1nn(C2CCS(=O)(=O)C2)c(Cl)c1C=CC(=O)OCc1nc2ccsc2c(=O)[nH]1. The molecule has 0 radical (unpaired) electrons. The van der Waals surface area contributed by atoms with Crippen molar-refractivity contribution in [3.63, 3.8) is 0 Å². The van der Waals surface area contributed by atoms with Crippen LogP contribution >= 0.6 is 22.9 Å². The topological polar surface area (TPSA) is 124 Å². The van der Waals surface area contributed by atoms with E-state index in [1.54, 1.807) is 18.4 Å². The Morgan fingerprint density at radius 3 is 3.03 bits per heavy atom. The van der Waals surface area contributed by atoms with Gasteiger partial charge in [0.05, 0.1) is 28.8 Å². The van der Waals surface area contributed by atoms with E-state index in [0.29, 0.717) is 27.9 Å². The van der Waals surface area contributed by atoms with Gasteiger partial charge < -0.3 is 9.72 Å². The van der Waals surface area contributed by atoms with Crippen LogP contribution in [0.25, 0.3) is 16.3 Å². The normalized spacial score (nSPS) is 18.4. The smallest absolute Gasteiger partial charge is 0.331 e. The Balaban J connectivity index is 1.44. The summed E-state index contributed by atoms with van der Waals surface area (Å²) in [5.41, 5.74) is 1.36. The summed E-state index contributed by atoms with van der Waals surface area (Å²) in [4.78, 5) is 30.9. The number of aromatic nitrogens is 4. The molecule has 1 N–H and O–H groups in total. The monoisotopic (exact) mass is 468 g/mol. The third-order valence-corrected chi connectivity index (χ3v) is 7.76. The Morgan fingerprint density at radius 1 is 1.50 bits per heavy atom. The van der Waals surface area contributed by atoms with Crippen molar-refractivity contribution >= 4 is 55.0 Å². The van der Waals surface area contributed by atoms with Gasteiger partial charge in [-0.25, -0.2) is 22.9 Å². The molecule has 1 unspecified atom stereocenters. The number of sulfone groups is 1. The number of nitrogens with zero attached hydrogens (tertiary/aromatic N) is 3. The molecule has 0 saturated carbocycles. The highest BCUT2D eigenvalue weighted by atomic mass is 35.5. The molecule has 12 heteroatoms. The van der Waals surface area contributed by atoms with Crippen LogP contribution in [0.5, 0.6) is 0 Å². The molecular formula is C18H17ClN4O5S2. The number of H-pyrrole nitrogens is 1. The summed E-state index contributed by atoms with van der Waals surface area (Å²) in [7, 11) is -3.08. The molecular weight excluding hydrogens is 452 g/mol. The Hall–Kier alpha value is -2.50. The van der Waals surface area contributed by atoms with Gasteiger partial charge in [0, 0.05) is 11.6 Å². The number of carbonyl (C=O) groups is 1. The first kappa shape index (κ1) is 20.8. The zero-order valence-corrected chi connectivity index (χ0v) is 18.2. The van der Waals surface area contributed by atoms with Gasteiger partial charge >= 0.3 is 5.97 Å². The zero-order chi connectivity index (χ0) is 21.5. The number of aryl methyl sites for hydroxylation is 1. The van der Waals surface area contributed by atoms with E-state index in [0.717, 1.165) is 0 Å². The molecule has 9 nitrogen and oxygen atoms in total. The number of hydrogen-bond acceptors (Lipinski definition) is 8. The first-order chi connectivity index (χ1) is 14.2. The van der Waals surface area contributed by atoms with Crippen molar-refractivity contribution in [2.45, 2.75) is 26.0 Å². The van der Waals surface area contributed by atoms with E-state index >= 15 is 0 Å². The summed E-state index contributed by atoms with van der Waals surface area (Å²) in [6, 6.07) is 1.41. The average molecular weight is 469 g/mol. The van der Waals surface area contributed by atoms with Crippen molar-refractivity contribution in [1.29, 1.82) is 0 Å². The van der Waals surface area contributed by atoms with E-state index in [2.05, 4.69) is 15.1 Å². The van der Waals surface area contributed by atoms with Crippen LogP contribution in [0.1, 0.15) is 29.5 Å². The van der Waals surface area contributed by atoms with Crippen LogP contribution in [0.15, 0.2) is 22.3 Å². The molecule has 4 rings (SSSR count). The lowest BCUT2D eigenvalue weighted by Crippen LogP contribution is -2.12. The Bertz CT molecular complexity index is 1320. The molecule has 1 fully saturated rings. The van der Waals surface area contributed by atoms with Gasteiger partial charge in [0.15, 0.2) is 9.84 Å². The van der Waals surface area contributed by atoms with Gasteiger partial charge in [-0.3, -0.25) is 4.79 Å². The Morgan fingerprint density at radius 2 is 2.30 bits per heavy atom. The lowest BCUT2D eigenvalue weighted by molar-refractivity contribution is -0.139. The minimum atomic E-state index is -3.08. The predicted octanol–water partition coefficient (Wildman–Crippen LogP) is 2.26. The van der Waals surface area contributed by atoms with Gasteiger partial charge in [-0.15, -0.1) is 11.3 Å². The number of aromatic amines is 1. The van der Waals surface area contributed by atoms with Gasteiger partial charge in [0.2, 0.25) is 0 Å². The van der Waals surface area contributed by atoms with Crippen LogP contribution in [0.2, 0.25) is 5.15 Å². The number of fused-ring (bicyclic) bond motifs is 1. The molecule has 0 aromatic carbocycles. The summed E-state index contributed by atoms with van der Waals surface area (Å²) < 4.78 is 30.6. The maximum absolute atomic E-state index is 12.1. The molecule has 0 spiro atoms. The fourth-order valence-electron chi connectivity index (χ4n) is 3.26. The van der Waals surface area contributed by atoms with Gasteiger partial charge in [0.25, 0.3) is 5.56 Å². The minimum Gasteiger partial charge on any atom is -0.454 e. The summed E-state index contributed by atoms with van der Waals surface area (Å²) in [5, 5.41) is 6.36. The number of halogens is 1. The van der Waals surface area contributed by atoms with E-state index in [9.17, 15) is 18.0 Å². The maximum Gasteiger partial charge on any atom is 0.331 e. The molecule has 1 saturated heterocycles. The van der Waals surface area contributed by atoms with Crippen LogP contribution in [-0.2, 0) is 26.0 Å². The van der Waals surface area contributed by atoms with Gasteiger partial charge in [0.1, 0.15) is 22.3 Å².